The number of nitrogens with zero attached hydrogens (tertiary/aromatic N) is 2. The molecule has 2 heterocycles. The molecule has 0 bridgehead atoms. The van der Waals surface area contributed by atoms with Gasteiger partial charge in [0.25, 0.3) is 5.91 Å². The van der Waals surface area contributed by atoms with E-state index in [4.69, 9.17) is 4.42 Å². The molecule has 5 nitrogen and oxygen atoms in total. The fourth-order valence-electron chi connectivity index (χ4n) is 2.87. The molecule has 1 atom stereocenters. The summed E-state index contributed by atoms with van der Waals surface area (Å²) in [5, 5.41) is 0. The van der Waals surface area contributed by atoms with E-state index in [1.165, 1.54) is 22.1 Å². The molecule has 2 aromatic rings. The van der Waals surface area contributed by atoms with Gasteiger partial charge in [-0.3, -0.25) is 9.59 Å². The molecule has 1 aromatic heterocycles. The number of likely N-dealkylation sites (N-methyl/N-ethyl adjacent to an activating group) is 1. The molecule has 2 amide bonds. The normalized spacial score (nSPS) is 17.6. The third-order valence-electron chi connectivity index (χ3n) is 4.20. The molecule has 0 saturated carbocycles. The average Bonchev–Trinajstić information content (AvgIpc) is 3.12. The molecule has 1 saturated heterocycles. The maximum Gasteiger partial charge on any atom is 0.257 e. The lowest BCUT2D eigenvalue weighted by molar-refractivity contribution is -0.120. The van der Waals surface area contributed by atoms with Crippen LogP contribution in [0.25, 0.3) is 0 Å². The van der Waals surface area contributed by atoms with E-state index in [2.05, 4.69) is 0 Å². The van der Waals surface area contributed by atoms with Gasteiger partial charge in [0.15, 0.2) is 0 Å². The molecule has 0 unspecified atom stereocenters. The van der Waals surface area contributed by atoms with Gasteiger partial charge in [-0.25, -0.2) is 4.39 Å². The van der Waals surface area contributed by atoms with Crippen molar-refractivity contribution in [2.45, 2.75) is 19.4 Å². The fraction of sp³-hybridized carbons (Fsp3) is 0.294. The zero-order valence-corrected chi connectivity index (χ0v) is 13.0. The number of carbonyl (C=O) groups is 2. The van der Waals surface area contributed by atoms with Gasteiger partial charge in [0.2, 0.25) is 5.91 Å². The number of furan rings is 1. The lowest BCUT2D eigenvalue weighted by atomic mass is 10.1. The Morgan fingerprint density at radius 1 is 1.35 bits per heavy atom. The number of para-hydroxylation sites is 1. The largest absolute Gasteiger partial charge is 0.469 e. The van der Waals surface area contributed by atoms with E-state index in [0.29, 0.717) is 24.3 Å². The second kappa shape index (κ2) is 5.87. The first-order chi connectivity index (χ1) is 11.0. The van der Waals surface area contributed by atoms with Crippen LogP contribution >= 0.6 is 0 Å². The van der Waals surface area contributed by atoms with Gasteiger partial charge in [-0.05, 0) is 31.5 Å². The second-order valence-electron chi connectivity index (χ2n) is 5.55. The molecule has 1 aromatic carbocycles. The van der Waals surface area contributed by atoms with Gasteiger partial charge in [0.1, 0.15) is 17.6 Å². The number of rotatable bonds is 3. The Labute approximate surface area is 133 Å². The fourth-order valence-corrected chi connectivity index (χ4v) is 2.87. The van der Waals surface area contributed by atoms with Crippen molar-refractivity contribution in [3.63, 3.8) is 0 Å². The van der Waals surface area contributed by atoms with E-state index < -0.39 is 11.9 Å². The summed E-state index contributed by atoms with van der Waals surface area (Å²) in [5.74, 6) is -0.475. The third-order valence-corrected chi connectivity index (χ3v) is 4.20. The van der Waals surface area contributed by atoms with Crippen molar-refractivity contribution in [1.82, 2.24) is 4.90 Å². The number of amides is 2. The predicted molar refractivity (Wildman–Crippen MR) is 82.7 cm³/mol. The van der Waals surface area contributed by atoms with Crippen molar-refractivity contribution >= 4 is 17.5 Å². The number of halogens is 1. The van der Waals surface area contributed by atoms with Crippen LogP contribution in [0.15, 0.2) is 41.0 Å². The minimum absolute atomic E-state index is 0.250. The summed E-state index contributed by atoms with van der Waals surface area (Å²) in [6.07, 6.45) is 1.91. The van der Waals surface area contributed by atoms with Gasteiger partial charge in [-0.2, -0.15) is 0 Å². The van der Waals surface area contributed by atoms with Gasteiger partial charge >= 0.3 is 0 Å². The van der Waals surface area contributed by atoms with Gasteiger partial charge in [-0.1, -0.05) is 12.1 Å². The van der Waals surface area contributed by atoms with E-state index in [0.717, 1.165) is 0 Å². The smallest absolute Gasteiger partial charge is 0.257 e. The highest BCUT2D eigenvalue weighted by Crippen LogP contribution is 2.27. The van der Waals surface area contributed by atoms with Crippen molar-refractivity contribution in [1.29, 1.82) is 0 Å². The summed E-state index contributed by atoms with van der Waals surface area (Å²) in [4.78, 5) is 27.9. The number of hydrogen-bond acceptors (Lipinski definition) is 3. The van der Waals surface area contributed by atoms with Crippen LogP contribution in [-0.4, -0.2) is 36.3 Å². The van der Waals surface area contributed by atoms with Crippen LogP contribution in [0, 0.1) is 12.7 Å². The zero-order valence-electron chi connectivity index (χ0n) is 13.0. The van der Waals surface area contributed by atoms with Crippen LogP contribution in [0.4, 0.5) is 10.1 Å². The predicted octanol–water partition coefficient (Wildman–Crippen LogP) is 2.60. The number of benzene rings is 1. The molecular weight excluding hydrogens is 299 g/mol. The van der Waals surface area contributed by atoms with Crippen molar-refractivity contribution in [3.8, 4) is 0 Å². The molecule has 0 radical (unpaired) electrons. The maximum atomic E-state index is 13.9. The van der Waals surface area contributed by atoms with Crippen molar-refractivity contribution in [2.24, 2.45) is 0 Å². The van der Waals surface area contributed by atoms with E-state index in [1.54, 1.807) is 38.2 Å². The van der Waals surface area contributed by atoms with E-state index in [1.807, 2.05) is 0 Å². The highest BCUT2D eigenvalue weighted by Gasteiger charge is 2.38. The molecule has 23 heavy (non-hydrogen) atoms. The quantitative estimate of drug-likeness (QED) is 0.874. The number of aryl methyl sites for hydroxylation is 1. The first-order valence-corrected chi connectivity index (χ1v) is 7.38. The Hall–Kier alpha value is -2.63. The SMILES string of the molecule is Cc1occc1C(=O)N(C)[C@H]1CCN(c2ccccc2F)C1=O. The molecule has 0 spiro atoms. The molecule has 0 aliphatic carbocycles. The summed E-state index contributed by atoms with van der Waals surface area (Å²) in [6.45, 7) is 2.08. The van der Waals surface area contributed by atoms with Gasteiger partial charge in [0, 0.05) is 13.6 Å². The number of hydrogen-bond donors (Lipinski definition) is 0. The van der Waals surface area contributed by atoms with Crippen LogP contribution < -0.4 is 4.90 Å². The Balaban J connectivity index is 1.80. The first-order valence-electron chi connectivity index (χ1n) is 7.38. The van der Waals surface area contributed by atoms with Crippen LogP contribution in [0.2, 0.25) is 0 Å². The average molecular weight is 316 g/mol. The van der Waals surface area contributed by atoms with Crippen molar-refractivity contribution in [3.05, 3.63) is 53.7 Å². The summed E-state index contributed by atoms with van der Waals surface area (Å²) in [6, 6.07) is 7.13. The Kier molecular flexibility index (Phi) is 3.90. The lowest BCUT2D eigenvalue weighted by Gasteiger charge is -2.24. The molecule has 3 rings (SSSR count). The molecule has 1 aliphatic heterocycles. The second-order valence-corrected chi connectivity index (χ2v) is 5.55. The molecular formula is C17H17FN2O3. The lowest BCUT2D eigenvalue weighted by Crippen LogP contribution is -2.43. The maximum absolute atomic E-state index is 13.9. The highest BCUT2D eigenvalue weighted by molar-refractivity contribution is 6.04. The minimum Gasteiger partial charge on any atom is -0.469 e. The van der Waals surface area contributed by atoms with Crippen LogP contribution in [0.3, 0.4) is 0 Å². The first kappa shape index (κ1) is 15.3. The van der Waals surface area contributed by atoms with Crippen LogP contribution in [-0.2, 0) is 4.79 Å². The van der Waals surface area contributed by atoms with Gasteiger partial charge in [-0.15, -0.1) is 0 Å². The monoisotopic (exact) mass is 316 g/mol. The standard InChI is InChI=1S/C17H17FN2O3/c1-11-12(8-10-23-11)16(21)19(2)15-7-9-20(17(15)22)14-6-4-3-5-13(14)18/h3-6,8,10,15H,7,9H2,1-2H3/t15-/m0/s1. The van der Waals surface area contributed by atoms with Crippen molar-refractivity contribution < 1.29 is 18.4 Å². The Bertz CT molecular complexity index is 756. The molecule has 1 fully saturated rings. The molecule has 1 aliphatic rings. The van der Waals surface area contributed by atoms with E-state index >= 15 is 0 Å². The highest BCUT2D eigenvalue weighted by atomic mass is 19.1. The van der Waals surface area contributed by atoms with Crippen molar-refractivity contribution in [2.75, 3.05) is 18.5 Å². The summed E-state index contributed by atoms with van der Waals surface area (Å²) in [5.41, 5.74) is 0.685. The minimum atomic E-state index is -0.601. The molecule has 6 heteroatoms. The third kappa shape index (κ3) is 2.60. The Morgan fingerprint density at radius 3 is 2.74 bits per heavy atom. The van der Waals surface area contributed by atoms with Crippen LogP contribution in [0.1, 0.15) is 22.5 Å². The number of carbonyl (C=O) groups excluding carboxylic acids is 2. The molecule has 0 N–H and O–H groups in total. The Morgan fingerprint density at radius 2 is 2.09 bits per heavy atom. The topological polar surface area (TPSA) is 53.8 Å². The van der Waals surface area contributed by atoms with Gasteiger partial charge < -0.3 is 14.2 Å². The molecule has 120 valence electrons. The van der Waals surface area contributed by atoms with E-state index in [9.17, 15) is 14.0 Å². The summed E-state index contributed by atoms with van der Waals surface area (Å²) >= 11 is 0. The van der Waals surface area contributed by atoms with Crippen LogP contribution in [0.5, 0.6) is 0 Å². The van der Waals surface area contributed by atoms with E-state index in [-0.39, 0.29) is 17.5 Å². The zero-order chi connectivity index (χ0) is 16.6. The number of anilines is 1. The summed E-state index contributed by atoms with van der Waals surface area (Å²) in [7, 11) is 1.59. The van der Waals surface area contributed by atoms with Gasteiger partial charge in [0.05, 0.1) is 17.5 Å². The summed E-state index contributed by atoms with van der Waals surface area (Å²) < 4.78 is 19.0.